The van der Waals surface area contributed by atoms with Crippen molar-refractivity contribution in [1.82, 2.24) is 10.2 Å². The Kier molecular flexibility index (Phi) is 4.18. The van der Waals surface area contributed by atoms with Crippen molar-refractivity contribution in [2.75, 3.05) is 45.9 Å². The van der Waals surface area contributed by atoms with Gasteiger partial charge in [0.05, 0.1) is 0 Å². The molecule has 0 unspecified atom stereocenters. The zero-order valence-corrected chi connectivity index (χ0v) is 11.6. The van der Waals surface area contributed by atoms with E-state index in [4.69, 9.17) is 9.47 Å². The molecule has 2 aliphatic heterocycles. The summed E-state index contributed by atoms with van der Waals surface area (Å²) in [6.45, 7) is 6.02. The predicted molar refractivity (Wildman–Crippen MR) is 75.7 cm³/mol. The molecule has 0 bridgehead atoms. The van der Waals surface area contributed by atoms with Crippen molar-refractivity contribution >= 4 is 5.78 Å². The molecule has 0 saturated carbocycles. The van der Waals surface area contributed by atoms with Gasteiger partial charge in [-0.25, -0.2) is 0 Å². The molecule has 1 N–H and O–H groups in total. The Balaban J connectivity index is 1.59. The summed E-state index contributed by atoms with van der Waals surface area (Å²) < 4.78 is 11.0. The number of fused-ring (bicyclic) bond motifs is 1. The number of hydrogen-bond donors (Lipinski definition) is 1. The third-order valence-corrected chi connectivity index (χ3v) is 3.73. The van der Waals surface area contributed by atoms with Crippen LogP contribution in [0, 0.1) is 0 Å². The van der Waals surface area contributed by atoms with Crippen molar-refractivity contribution in [2.24, 2.45) is 0 Å². The number of carbonyl (C=O) groups is 1. The molecular weight excluding hydrogens is 256 g/mol. The Labute approximate surface area is 118 Å². The maximum absolute atomic E-state index is 12.2. The zero-order chi connectivity index (χ0) is 13.8. The van der Waals surface area contributed by atoms with E-state index >= 15 is 0 Å². The number of benzene rings is 1. The molecule has 0 aliphatic carbocycles. The largest absolute Gasteiger partial charge is 0.486 e. The molecule has 0 radical (unpaired) electrons. The number of rotatable bonds is 4. The number of Topliss-reactive ketones (excluding diaryl/α,β-unsaturated/α-hetero) is 1. The first-order valence-electron chi connectivity index (χ1n) is 7.19. The molecule has 0 aromatic heterocycles. The molecule has 5 heteroatoms. The molecule has 2 aliphatic rings. The van der Waals surface area contributed by atoms with Gasteiger partial charge in [0.15, 0.2) is 17.3 Å². The Morgan fingerprint density at radius 2 is 1.90 bits per heavy atom. The van der Waals surface area contributed by atoms with Crippen molar-refractivity contribution in [3.05, 3.63) is 23.8 Å². The van der Waals surface area contributed by atoms with Crippen LogP contribution < -0.4 is 14.8 Å². The monoisotopic (exact) mass is 276 g/mol. The van der Waals surface area contributed by atoms with Crippen LogP contribution in [-0.2, 0) is 0 Å². The molecule has 20 heavy (non-hydrogen) atoms. The molecular formula is C15H20N2O3. The normalized spacial score (nSPS) is 18.8. The van der Waals surface area contributed by atoms with E-state index in [0.29, 0.717) is 30.9 Å². The Morgan fingerprint density at radius 1 is 1.15 bits per heavy atom. The van der Waals surface area contributed by atoms with Crippen LogP contribution in [0.5, 0.6) is 11.5 Å². The molecule has 1 fully saturated rings. The van der Waals surface area contributed by atoms with Crippen molar-refractivity contribution < 1.29 is 14.3 Å². The molecule has 1 aromatic carbocycles. The smallest absolute Gasteiger partial charge is 0.164 e. The van der Waals surface area contributed by atoms with Crippen molar-refractivity contribution in [3.63, 3.8) is 0 Å². The van der Waals surface area contributed by atoms with E-state index in [1.165, 1.54) is 0 Å². The average Bonchev–Trinajstić information content (AvgIpc) is 2.53. The third kappa shape index (κ3) is 3.11. The zero-order valence-electron chi connectivity index (χ0n) is 11.6. The predicted octanol–water partition coefficient (Wildman–Crippen LogP) is 0.936. The number of carbonyl (C=O) groups excluding carboxylic acids is 1. The van der Waals surface area contributed by atoms with Gasteiger partial charge in [0.1, 0.15) is 13.2 Å². The van der Waals surface area contributed by atoms with E-state index in [9.17, 15) is 4.79 Å². The number of ether oxygens (including phenoxy) is 2. The summed E-state index contributed by atoms with van der Waals surface area (Å²) in [5.41, 5.74) is 0.712. The summed E-state index contributed by atoms with van der Waals surface area (Å²) in [5.74, 6) is 1.58. The topological polar surface area (TPSA) is 50.8 Å². The Bertz CT molecular complexity index is 484. The van der Waals surface area contributed by atoms with E-state index < -0.39 is 0 Å². The minimum atomic E-state index is 0.167. The highest BCUT2D eigenvalue weighted by Crippen LogP contribution is 2.31. The number of piperazine rings is 1. The second kappa shape index (κ2) is 6.24. The quantitative estimate of drug-likeness (QED) is 0.829. The van der Waals surface area contributed by atoms with E-state index in [0.717, 1.165) is 38.5 Å². The van der Waals surface area contributed by atoms with Gasteiger partial charge >= 0.3 is 0 Å². The highest BCUT2D eigenvalue weighted by molar-refractivity contribution is 5.96. The van der Waals surface area contributed by atoms with Crippen LogP contribution in [0.15, 0.2) is 18.2 Å². The van der Waals surface area contributed by atoms with E-state index in [2.05, 4.69) is 10.2 Å². The molecule has 0 amide bonds. The second-order valence-corrected chi connectivity index (χ2v) is 5.12. The summed E-state index contributed by atoms with van der Waals surface area (Å²) in [6.07, 6.45) is 0.555. The van der Waals surface area contributed by atoms with E-state index in [1.807, 2.05) is 12.1 Å². The molecule has 1 aromatic rings. The highest BCUT2D eigenvalue weighted by Gasteiger charge is 2.16. The van der Waals surface area contributed by atoms with Crippen molar-refractivity contribution in [1.29, 1.82) is 0 Å². The lowest BCUT2D eigenvalue weighted by molar-refractivity contribution is 0.0959. The molecule has 0 atom stereocenters. The molecule has 0 spiro atoms. The van der Waals surface area contributed by atoms with Gasteiger partial charge in [-0.15, -0.1) is 0 Å². The lowest BCUT2D eigenvalue weighted by Gasteiger charge is -2.26. The number of nitrogens with one attached hydrogen (secondary N) is 1. The van der Waals surface area contributed by atoms with Gasteiger partial charge in [-0.05, 0) is 18.2 Å². The van der Waals surface area contributed by atoms with Gasteiger partial charge in [-0.1, -0.05) is 0 Å². The van der Waals surface area contributed by atoms with Crippen LogP contribution in [-0.4, -0.2) is 56.6 Å². The molecule has 2 heterocycles. The minimum absolute atomic E-state index is 0.167. The second-order valence-electron chi connectivity index (χ2n) is 5.12. The van der Waals surface area contributed by atoms with Crippen LogP contribution in [0.1, 0.15) is 16.8 Å². The summed E-state index contributed by atoms with van der Waals surface area (Å²) in [7, 11) is 0. The van der Waals surface area contributed by atoms with Crippen LogP contribution in [0.4, 0.5) is 0 Å². The first kappa shape index (κ1) is 13.4. The van der Waals surface area contributed by atoms with Gasteiger partial charge in [0.2, 0.25) is 0 Å². The fourth-order valence-corrected chi connectivity index (χ4v) is 2.56. The van der Waals surface area contributed by atoms with Gasteiger partial charge in [-0.2, -0.15) is 0 Å². The fourth-order valence-electron chi connectivity index (χ4n) is 2.56. The first-order valence-corrected chi connectivity index (χ1v) is 7.19. The first-order chi connectivity index (χ1) is 9.83. The van der Waals surface area contributed by atoms with Crippen molar-refractivity contribution in [3.8, 4) is 11.5 Å². The van der Waals surface area contributed by atoms with Gasteiger partial charge in [0.25, 0.3) is 0 Å². The van der Waals surface area contributed by atoms with Gasteiger partial charge in [0, 0.05) is 44.7 Å². The maximum atomic E-state index is 12.2. The molecule has 108 valence electrons. The summed E-state index contributed by atoms with van der Waals surface area (Å²) in [6, 6.07) is 5.45. The Hall–Kier alpha value is -1.59. The fraction of sp³-hybridized carbons (Fsp3) is 0.533. The Morgan fingerprint density at radius 3 is 2.70 bits per heavy atom. The SMILES string of the molecule is O=C(CCN1CCNCC1)c1ccc2c(c1)OCCO2. The van der Waals surface area contributed by atoms with E-state index in [-0.39, 0.29) is 5.78 Å². The molecule has 5 nitrogen and oxygen atoms in total. The van der Waals surface area contributed by atoms with Crippen LogP contribution in [0.3, 0.4) is 0 Å². The van der Waals surface area contributed by atoms with Crippen molar-refractivity contribution in [2.45, 2.75) is 6.42 Å². The summed E-state index contributed by atoms with van der Waals surface area (Å²) >= 11 is 0. The van der Waals surface area contributed by atoms with Gasteiger partial charge < -0.3 is 19.7 Å². The van der Waals surface area contributed by atoms with Crippen LogP contribution in [0.2, 0.25) is 0 Å². The standard InChI is InChI=1S/C15H20N2O3/c18-13(3-6-17-7-4-16-5-8-17)12-1-2-14-15(11-12)20-10-9-19-14/h1-2,11,16H,3-10H2. The summed E-state index contributed by atoms with van der Waals surface area (Å²) in [4.78, 5) is 14.6. The lowest BCUT2D eigenvalue weighted by atomic mass is 10.1. The number of ketones is 1. The lowest BCUT2D eigenvalue weighted by Crippen LogP contribution is -2.44. The van der Waals surface area contributed by atoms with Gasteiger partial charge in [-0.3, -0.25) is 4.79 Å². The molecule has 3 rings (SSSR count). The minimum Gasteiger partial charge on any atom is -0.486 e. The average molecular weight is 276 g/mol. The number of hydrogen-bond acceptors (Lipinski definition) is 5. The number of nitrogens with zero attached hydrogens (tertiary/aromatic N) is 1. The van der Waals surface area contributed by atoms with E-state index in [1.54, 1.807) is 6.07 Å². The highest BCUT2D eigenvalue weighted by atomic mass is 16.6. The van der Waals surface area contributed by atoms with Crippen LogP contribution in [0.25, 0.3) is 0 Å². The van der Waals surface area contributed by atoms with Crippen LogP contribution >= 0.6 is 0 Å². The molecule has 1 saturated heterocycles. The third-order valence-electron chi connectivity index (χ3n) is 3.73. The summed E-state index contributed by atoms with van der Waals surface area (Å²) in [5, 5.41) is 3.31. The maximum Gasteiger partial charge on any atom is 0.164 e.